The molecule has 0 rings (SSSR count). The van der Waals surface area contributed by atoms with Gasteiger partial charge in [-0.1, -0.05) is 0 Å². The van der Waals surface area contributed by atoms with E-state index in [1.54, 1.807) is 0 Å². The summed E-state index contributed by atoms with van der Waals surface area (Å²) in [5.74, 6) is -1.96. The number of rotatable bonds is 2. The van der Waals surface area contributed by atoms with Gasteiger partial charge in [-0.3, -0.25) is 9.59 Å². The molecule has 0 aromatic rings. The van der Waals surface area contributed by atoms with Crippen molar-refractivity contribution in [2.45, 2.75) is 0 Å². The summed E-state index contributed by atoms with van der Waals surface area (Å²) in [6, 6.07) is 0. The monoisotopic (exact) mass is 228 g/mol. The topological polar surface area (TPSA) is 122 Å². The minimum atomic E-state index is -1.42. The van der Waals surface area contributed by atoms with Crippen LogP contribution >= 0.6 is 0 Å². The van der Waals surface area contributed by atoms with Crippen molar-refractivity contribution in [3.05, 3.63) is 0 Å². The van der Waals surface area contributed by atoms with Crippen LogP contribution in [-0.4, -0.2) is 77.3 Å². The second-order valence-corrected chi connectivity index (χ2v) is 1.61. The van der Waals surface area contributed by atoms with E-state index in [2.05, 4.69) is 9.47 Å². The number of carbonyl (C=O) groups is 3. The molecule has 4 N–H and O–H groups in total. The van der Waals surface area contributed by atoms with Crippen molar-refractivity contribution in [3.8, 4) is 0 Å². The molecule has 0 aromatic carbocycles. The molecule has 76 valence electrons. The van der Waals surface area contributed by atoms with E-state index in [9.17, 15) is 14.4 Å². The van der Waals surface area contributed by atoms with Crippen LogP contribution in [0.3, 0.4) is 0 Å². The Labute approximate surface area is 118 Å². The average molecular weight is 229 g/mol. The normalized spacial score (nSPS) is 7.57. The van der Waals surface area contributed by atoms with E-state index < -0.39 is 31.2 Å². The van der Waals surface area contributed by atoms with Gasteiger partial charge in [0.1, 0.15) is 0 Å². The largest absolute Gasteiger partial charge is 2.00 e. The van der Waals surface area contributed by atoms with Crippen LogP contribution in [-0.2, 0) is 19.1 Å². The summed E-state index contributed by atoms with van der Waals surface area (Å²) < 4.78 is 7.74. The molecule has 0 atom stereocenters. The van der Waals surface area contributed by atoms with Crippen molar-refractivity contribution < 1.29 is 29.6 Å². The summed E-state index contributed by atoms with van der Waals surface area (Å²) in [5.41, 5.74) is 9.58. The van der Waals surface area contributed by atoms with Crippen LogP contribution in [0, 0.1) is 0 Å². The third-order valence-electron chi connectivity index (χ3n) is 0.728. The number of hydrogen-bond donors (Lipinski definition) is 2. The van der Waals surface area contributed by atoms with Gasteiger partial charge in [-0.15, -0.1) is 0 Å². The zero-order chi connectivity index (χ0) is 9.56. The zero-order valence-corrected chi connectivity index (χ0v) is 10.4. The Morgan fingerprint density at radius 3 is 1.43 bits per heavy atom. The van der Waals surface area contributed by atoms with Gasteiger partial charge in [0.2, 0.25) is 0 Å². The van der Waals surface area contributed by atoms with Crippen molar-refractivity contribution in [2.24, 2.45) is 11.5 Å². The molecule has 9 heteroatoms. The molecule has 0 unspecified atom stereocenters. The van der Waals surface area contributed by atoms with Gasteiger partial charge in [0.25, 0.3) is 0 Å². The van der Waals surface area contributed by atoms with E-state index >= 15 is 0 Å². The molecule has 0 aliphatic heterocycles. The molecular formula is C5H12Mg2N2O5. The molecule has 0 aliphatic carbocycles. The Balaban J connectivity index is -0.0000000403. The van der Waals surface area contributed by atoms with Gasteiger partial charge in [-0.25, -0.2) is 4.79 Å². The molecule has 14 heavy (non-hydrogen) atoms. The van der Waals surface area contributed by atoms with Crippen molar-refractivity contribution in [3.63, 3.8) is 0 Å². The van der Waals surface area contributed by atoms with Crippen LogP contribution < -0.4 is 11.5 Å². The Kier molecular flexibility index (Phi) is 15.6. The quantitative estimate of drug-likeness (QED) is 0.312. The molecule has 0 spiro atoms. The molecule has 0 radical (unpaired) electrons. The maximum Gasteiger partial charge on any atom is 2.00 e. The maximum absolute atomic E-state index is 10.4. The van der Waals surface area contributed by atoms with Gasteiger partial charge in [0.15, 0.2) is 0 Å². The second-order valence-electron chi connectivity index (χ2n) is 1.61. The molecule has 0 saturated carbocycles. The summed E-state index contributed by atoms with van der Waals surface area (Å²) >= 11 is 0. The summed E-state index contributed by atoms with van der Waals surface area (Å²) in [7, 11) is 0. The predicted octanol–water partition coefficient (Wildman–Crippen LogP) is -2.20. The molecule has 7 nitrogen and oxygen atoms in total. The molecule has 0 bridgehead atoms. The van der Waals surface area contributed by atoms with Gasteiger partial charge in [-0.05, 0) is 0 Å². The Morgan fingerprint density at radius 1 is 0.929 bits per heavy atom. The third kappa shape index (κ3) is 10.1. The first-order valence-corrected chi connectivity index (χ1v) is 2.95. The first kappa shape index (κ1) is 19.6. The average Bonchev–Trinajstić information content (AvgIpc) is 2.03. The fourth-order valence-corrected chi connectivity index (χ4v) is 0.290. The van der Waals surface area contributed by atoms with Crippen LogP contribution in [0.4, 0.5) is 4.79 Å². The summed E-state index contributed by atoms with van der Waals surface area (Å²) in [5, 5.41) is 0. The van der Waals surface area contributed by atoms with Gasteiger partial charge < -0.3 is 26.6 Å². The summed E-state index contributed by atoms with van der Waals surface area (Å²) in [6.07, 6.45) is -1.42. The number of esters is 2. The fraction of sp³-hybridized carbons (Fsp3) is 0.400. The van der Waals surface area contributed by atoms with Crippen LogP contribution in [0.25, 0.3) is 0 Å². The van der Waals surface area contributed by atoms with E-state index in [0.29, 0.717) is 0 Å². The molecule has 0 heterocycles. The summed E-state index contributed by atoms with van der Waals surface area (Å²) in [6.45, 7) is -0.933. The Hall–Kier alpha value is 0.0625. The Bertz CT molecular complexity index is 204. The minimum Gasteiger partial charge on any atom is -1.00 e. The van der Waals surface area contributed by atoms with E-state index in [4.69, 9.17) is 11.5 Å². The molecule has 0 amide bonds. The maximum atomic E-state index is 10.4. The number of carbonyl (C=O) groups excluding carboxylic acids is 3. The standard InChI is InChI=1S/C5H8N2O5.2Mg.4H/c6-1-3(8)11-5(10)12-4(9)2-7;;;;;;/h1-2,6-7H2;;;;;;/q;2*+2;4*-1. The number of nitrogens with two attached hydrogens (primary N) is 2. The van der Waals surface area contributed by atoms with E-state index in [-0.39, 0.29) is 51.8 Å². The summed E-state index contributed by atoms with van der Waals surface area (Å²) in [4.78, 5) is 31.0. The Morgan fingerprint density at radius 2 is 1.21 bits per heavy atom. The van der Waals surface area contributed by atoms with Crippen LogP contribution in [0.5, 0.6) is 0 Å². The van der Waals surface area contributed by atoms with Crippen molar-refractivity contribution >= 4 is 64.2 Å². The minimum absolute atomic E-state index is 0. The van der Waals surface area contributed by atoms with Crippen LogP contribution in [0.15, 0.2) is 0 Å². The van der Waals surface area contributed by atoms with Crippen molar-refractivity contribution in [2.75, 3.05) is 13.1 Å². The SMILES string of the molecule is NCC(=O)OC(=O)OC(=O)CN.[H-].[H-].[H-].[H-].[Mg+2].[Mg+2]. The van der Waals surface area contributed by atoms with Crippen molar-refractivity contribution in [1.82, 2.24) is 0 Å². The van der Waals surface area contributed by atoms with Crippen LogP contribution in [0.1, 0.15) is 5.71 Å². The van der Waals surface area contributed by atoms with E-state index in [1.807, 2.05) is 0 Å². The van der Waals surface area contributed by atoms with E-state index in [1.165, 1.54) is 0 Å². The van der Waals surface area contributed by atoms with Gasteiger partial charge in [-0.2, -0.15) is 0 Å². The molecule has 0 aromatic heterocycles. The number of ether oxygens (including phenoxy) is 2. The molecular weight excluding hydrogens is 217 g/mol. The van der Waals surface area contributed by atoms with Crippen molar-refractivity contribution in [1.29, 1.82) is 0 Å². The number of hydrogen-bond acceptors (Lipinski definition) is 7. The van der Waals surface area contributed by atoms with Crippen LogP contribution in [0.2, 0.25) is 0 Å². The molecule has 0 saturated heterocycles. The van der Waals surface area contributed by atoms with Gasteiger partial charge in [0.05, 0.1) is 13.1 Å². The fourth-order valence-electron chi connectivity index (χ4n) is 0.290. The van der Waals surface area contributed by atoms with E-state index in [0.717, 1.165) is 0 Å². The van der Waals surface area contributed by atoms with Gasteiger partial charge in [0, 0.05) is 0 Å². The third-order valence-corrected chi connectivity index (χ3v) is 0.728. The van der Waals surface area contributed by atoms with Gasteiger partial charge >= 0.3 is 64.2 Å². The first-order valence-electron chi connectivity index (χ1n) is 2.95. The predicted molar refractivity (Wildman–Crippen MR) is 51.6 cm³/mol. The first-order chi connectivity index (χ1) is 5.60. The zero-order valence-electron chi connectivity index (χ0n) is 11.5. The molecule has 0 aliphatic rings. The smallest absolute Gasteiger partial charge is 1.00 e. The second kappa shape index (κ2) is 11.1. The molecule has 0 fully saturated rings.